The Labute approximate surface area is 243 Å². The Morgan fingerprint density at radius 1 is 0.732 bits per heavy atom. The second-order valence-electron chi connectivity index (χ2n) is 12.4. The van der Waals surface area contributed by atoms with Crippen LogP contribution in [0.2, 0.25) is 0 Å². The summed E-state index contributed by atoms with van der Waals surface area (Å²) in [5, 5.41) is 5.18. The Kier molecular flexibility index (Phi) is 5.80. The van der Waals surface area contributed by atoms with E-state index in [1.807, 2.05) is 0 Å². The molecule has 0 amide bonds. The molecule has 41 heavy (non-hydrogen) atoms. The van der Waals surface area contributed by atoms with Crippen LogP contribution in [0.3, 0.4) is 0 Å². The van der Waals surface area contributed by atoms with Crippen molar-refractivity contribution in [1.82, 2.24) is 0 Å². The van der Waals surface area contributed by atoms with Gasteiger partial charge in [0.05, 0.1) is 11.1 Å². The highest BCUT2D eigenvalue weighted by molar-refractivity contribution is 6.05. The van der Waals surface area contributed by atoms with E-state index in [4.69, 9.17) is 0 Å². The van der Waals surface area contributed by atoms with Crippen LogP contribution in [0.5, 0.6) is 0 Å². The zero-order chi connectivity index (χ0) is 28.4. The fourth-order valence-corrected chi connectivity index (χ4v) is 7.42. The summed E-state index contributed by atoms with van der Waals surface area (Å²) in [4.78, 5) is 2.43. The normalized spacial score (nSPS) is 20.5. The zero-order valence-electron chi connectivity index (χ0n) is 24.6. The van der Waals surface area contributed by atoms with Crippen molar-refractivity contribution < 1.29 is 4.58 Å². The molecule has 2 heteroatoms. The van der Waals surface area contributed by atoms with Crippen LogP contribution in [0.25, 0.3) is 21.5 Å². The minimum atomic E-state index is -0.151. The average Bonchev–Trinajstić information content (AvgIpc) is 3.30. The topological polar surface area (TPSA) is 6.25 Å². The first-order valence-corrected chi connectivity index (χ1v) is 14.6. The second kappa shape index (κ2) is 9.31. The van der Waals surface area contributed by atoms with Crippen molar-refractivity contribution >= 4 is 38.6 Å². The lowest BCUT2D eigenvalue weighted by molar-refractivity contribution is -0.401. The second-order valence-corrected chi connectivity index (χ2v) is 12.4. The van der Waals surface area contributed by atoms with Gasteiger partial charge in [-0.3, -0.25) is 0 Å². The van der Waals surface area contributed by atoms with Crippen LogP contribution in [-0.4, -0.2) is 24.4 Å². The molecule has 2 heterocycles. The monoisotopic (exact) mass is 533 g/mol. The fraction of sp³-hybridized carbons (Fsp3) is 0.205. The van der Waals surface area contributed by atoms with Gasteiger partial charge in [0.1, 0.15) is 7.05 Å². The maximum atomic E-state index is 2.43. The van der Waals surface area contributed by atoms with Crippen LogP contribution >= 0.6 is 0 Å². The van der Waals surface area contributed by atoms with E-state index in [-0.39, 0.29) is 10.8 Å². The number of rotatable bonds is 4. The van der Waals surface area contributed by atoms with E-state index in [0.29, 0.717) is 0 Å². The Balaban J connectivity index is 1.33. The molecule has 7 rings (SSSR count). The quantitative estimate of drug-likeness (QED) is 0.209. The lowest BCUT2D eigenvalue weighted by atomic mass is 9.76. The molecule has 2 nitrogen and oxygen atoms in total. The summed E-state index contributed by atoms with van der Waals surface area (Å²) in [7, 11) is 4.44. The maximum Gasteiger partial charge on any atom is 0.210 e. The molecule has 1 unspecified atom stereocenters. The largest absolute Gasteiger partial charge is 0.347 e. The molecule has 0 spiro atoms. The Hall–Kier alpha value is -4.43. The van der Waals surface area contributed by atoms with E-state index in [1.54, 1.807) is 0 Å². The van der Waals surface area contributed by atoms with E-state index < -0.39 is 0 Å². The van der Waals surface area contributed by atoms with Crippen molar-refractivity contribution in [2.45, 2.75) is 38.0 Å². The van der Waals surface area contributed by atoms with E-state index in [9.17, 15) is 0 Å². The summed E-state index contributed by atoms with van der Waals surface area (Å²) in [6.45, 7) is 7.11. The van der Waals surface area contributed by atoms with Gasteiger partial charge in [0.25, 0.3) is 0 Å². The predicted octanol–water partition coefficient (Wildman–Crippen LogP) is 9.09. The number of hydrogen-bond donors (Lipinski definition) is 0. The summed E-state index contributed by atoms with van der Waals surface area (Å²) in [5.41, 5.74) is 9.16. The smallest absolute Gasteiger partial charge is 0.210 e. The Morgan fingerprint density at radius 2 is 1.39 bits per heavy atom. The molecule has 5 aromatic rings. The standard InChI is InChI=1S/C39H37N2/c1-38(2)33-24-29-17-9-10-18-30(29)25-34(33)40(4)35(38)20-13-21-36-39(3,26-27-14-7-6-8-15-27)32-23-22-28-16-11-12-19-31(28)37(32)41(36)5/h6-25H,26H2,1-5H3/q+1. The number of hydrogen-bond acceptors (Lipinski definition) is 1. The molecule has 2 aliphatic heterocycles. The first-order chi connectivity index (χ1) is 19.8. The van der Waals surface area contributed by atoms with Gasteiger partial charge in [0.15, 0.2) is 5.71 Å². The molecule has 0 radical (unpaired) electrons. The third-order valence-corrected chi connectivity index (χ3v) is 9.57. The number of allylic oxidation sites excluding steroid dienone is 4. The van der Waals surface area contributed by atoms with E-state index >= 15 is 0 Å². The number of benzene rings is 5. The molecule has 202 valence electrons. The third-order valence-electron chi connectivity index (χ3n) is 9.57. The van der Waals surface area contributed by atoms with Crippen LogP contribution < -0.4 is 4.90 Å². The van der Waals surface area contributed by atoms with Crippen molar-refractivity contribution in [3.8, 4) is 0 Å². The van der Waals surface area contributed by atoms with E-state index in [0.717, 1.165) is 6.42 Å². The number of nitrogens with zero attached hydrogens (tertiary/aromatic N) is 2. The van der Waals surface area contributed by atoms with Crippen LogP contribution in [-0.2, 0) is 17.3 Å². The third kappa shape index (κ3) is 3.89. The molecular weight excluding hydrogens is 496 g/mol. The minimum Gasteiger partial charge on any atom is -0.347 e. The fourth-order valence-electron chi connectivity index (χ4n) is 7.42. The number of fused-ring (bicyclic) bond motifs is 5. The van der Waals surface area contributed by atoms with Gasteiger partial charge < -0.3 is 4.90 Å². The van der Waals surface area contributed by atoms with Gasteiger partial charge in [0.2, 0.25) is 5.69 Å². The van der Waals surface area contributed by atoms with Gasteiger partial charge in [-0.2, -0.15) is 4.58 Å². The number of likely N-dealkylation sites (N-methyl/N-ethyl adjacent to an activating group) is 1. The highest BCUT2D eigenvalue weighted by Gasteiger charge is 2.44. The van der Waals surface area contributed by atoms with Gasteiger partial charge >= 0.3 is 0 Å². The summed E-state index contributed by atoms with van der Waals surface area (Å²) in [6, 6.07) is 37.7. The molecule has 0 saturated carbocycles. The molecule has 0 bridgehead atoms. The summed E-state index contributed by atoms with van der Waals surface area (Å²) >= 11 is 0. The Morgan fingerprint density at radius 3 is 2.15 bits per heavy atom. The highest BCUT2D eigenvalue weighted by Crippen LogP contribution is 2.51. The van der Waals surface area contributed by atoms with Crippen molar-refractivity contribution in [2.24, 2.45) is 0 Å². The molecule has 0 aliphatic carbocycles. The first-order valence-electron chi connectivity index (χ1n) is 14.6. The van der Waals surface area contributed by atoms with Crippen LogP contribution in [0.15, 0.2) is 127 Å². The minimum absolute atomic E-state index is 0.0861. The average molecular weight is 534 g/mol. The first kappa shape index (κ1) is 25.5. The van der Waals surface area contributed by atoms with Crippen molar-refractivity contribution in [1.29, 1.82) is 0 Å². The molecule has 0 N–H and O–H groups in total. The van der Waals surface area contributed by atoms with Gasteiger partial charge in [-0.1, -0.05) is 97.1 Å². The summed E-state index contributed by atoms with van der Waals surface area (Å²) in [6.07, 6.45) is 7.91. The lowest BCUT2D eigenvalue weighted by Gasteiger charge is -2.29. The van der Waals surface area contributed by atoms with Crippen LogP contribution in [0, 0.1) is 0 Å². The summed E-state index contributed by atoms with van der Waals surface area (Å²) < 4.78 is 2.38. The van der Waals surface area contributed by atoms with E-state index in [2.05, 4.69) is 166 Å². The predicted molar refractivity (Wildman–Crippen MR) is 175 cm³/mol. The Bertz CT molecular complexity index is 1920. The van der Waals surface area contributed by atoms with Crippen molar-refractivity contribution in [2.75, 3.05) is 19.0 Å². The molecular formula is C39H37N2+. The van der Waals surface area contributed by atoms with Gasteiger partial charge in [-0.25, -0.2) is 0 Å². The highest BCUT2D eigenvalue weighted by atomic mass is 15.2. The van der Waals surface area contributed by atoms with Crippen molar-refractivity contribution in [3.05, 3.63) is 144 Å². The number of anilines is 1. The maximum absolute atomic E-state index is 2.43. The molecule has 1 atom stereocenters. The van der Waals surface area contributed by atoms with Gasteiger partial charge in [-0.05, 0) is 66.6 Å². The van der Waals surface area contributed by atoms with E-state index in [1.165, 1.54) is 61.0 Å². The van der Waals surface area contributed by atoms with Crippen molar-refractivity contribution in [3.63, 3.8) is 0 Å². The molecule has 0 saturated heterocycles. The van der Waals surface area contributed by atoms with Gasteiger partial charge in [0, 0.05) is 41.3 Å². The zero-order valence-corrected chi connectivity index (χ0v) is 24.6. The van der Waals surface area contributed by atoms with Crippen LogP contribution in [0.1, 0.15) is 37.5 Å². The summed E-state index contributed by atoms with van der Waals surface area (Å²) in [5.74, 6) is 0. The SMILES string of the molecule is CN1/C(=C/C=C/C2=[N+](C)c3cc4ccccc4cc3C2(C)C)C(C)(Cc2ccccc2)c2ccc3ccccc3c21. The molecule has 0 fully saturated rings. The molecule has 0 aromatic heterocycles. The molecule has 2 aliphatic rings. The lowest BCUT2D eigenvalue weighted by Crippen LogP contribution is -2.29. The van der Waals surface area contributed by atoms with Gasteiger partial charge in [-0.15, -0.1) is 0 Å². The molecule has 5 aromatic carbocycles. The van der Waals surface area contributed by atoms with Crippen LogP contribution in [0.4, 0.5) is 11.4 Å².